The molecular weight excluding hydrogens is 178 g/mol. The van der Waals surface area contributed by atoms with Crippen LogP contribution in [-0.2, 0) is 16.2 Å². The minimum atomic E-state index is 0.487. The molecule has 0 aromatic heterocycles. The van der Waals surface area contributed by atoms with E-state index in [1.807, 2.05) is 44.2 Å². The van der Waals surface area contributed by atoms with E-state index in [-0.39, 0.29) is 0 Å². The minimum Gasteiger partial charge on any atom is -0.382 e. The Morgan fingerprint density at radius 1 is 1.07 bits per heavy atom. The lowest BCUT2D eigenvalue weighted by Crippen LogP contribution is -1.97. The molecule has 0 aliphatic heterocycles. The maximum Gasteiger partial charge on any atom is 0.0930 e. The van der Waals surface area contributed by atoms with Crippen LogP contribution in [0.4, 0.5) is 0 Å². The molecule has 0 atom stereocenters. The van der Waals surface area contributed by atoms with Gasteiger partial charge in [-0.2, -0.15) is 0 Å². The van der Waals surface area contributed by atoms with Crippen LogP contribution in [0.2, 0.25) is 0 Å². The van der Waals surface area contributed by atoms with Gasteiger partial charge < -0.3 is 4.74 Å². The Morgan fingerprint density at radius 2 is 1.64 bits per heavy atom. The Balaban J connectivity index is 0.000000292. The molecule has 0 saturated carbocycles. The van der Waals surface area contributed by atoms with Crippen molar-refractivity contribution >= 4 is 0 Å². The Kier molecular flexibility index (Phi) is 9.53. The van der Waals surface area contributed by atoms with E-state index in [9.17, 15) is 0 Å². The normalized spacial score (nSPS) is 9.07. The van der Waals surface area contributed by atoms with E-state index in [1.165, 1.54) is 0 Å². The average Bonchev–Trinajstić information content (AvgIpc) is 2.22. The van der Waals surface area contributed by atoms with Crippen LogP contribution in [-0.4, -0.2) is 13.2 Å². The van der Waals surface area contributed by atoms with E-state index < -0.39 is 0 Å². The first-order valence-corrected chi connectivity index (χ1v) is 4.78. The topological polar surface area (TPSA) is 44.5 Å². The second-order valence-corrected chi connectivity index (χ2v) is 2.58. The predicted octanol–water partition coefficient (Wildman–Crippen LogP) is 2.12. The molecule has 3 heteroatoms. The standard InChI is InChI=1S/C7H9NO.C4H10O/c8-9-6-7-4-2-1-3-5-7;1-3-5-4-2/h1-5H,6,8H2;3-4H2,1-2H3. The average molecular weight is 197 g/mol. The summed E-state index contributed by atoms with van der Waals surface area (Å²) in [7, 11) is 0. The van der Waals surface area contributed by atoms with Gasteiger partial charge in [0.2, 0.25) is 0 Å². The monoisotopic (exact) mass is 197 g/mol. The fraction of sp³-hybridized carbons (Fsp3) is 0.455. The van der Waals surface area contributed by atoms with Crippen molar-refractivity contribution < 1.29 is 9.57 Å². The van der Waals surface area contributed by atoms with Crippen molar-refractivity contribution in [3.8, 4) is 0 Å². The number of benzene rings is 1. The molecule has 1 rings (SSSR count). The molecule has 0 fully saturated rings. The molecule has 0 heterocycles. The van der Waals surface area contributed by atoms with Crippen molar-refractivity contribution in [3.05, 3.63) is 35.9 Å². The van der Waals surface area contributed by atoms with Crippen molar-refractivity contribution in [2.24, 2.45) is 5.90 Å². The molecule has 80 valence electrons. The molecule has 0 bridgehead atoms. The van der Waals surface area contributed by atoms with Crippen LogP contribution in [0.15, 0.2) is 30.3 Å². The molecule has 3 nitrogen and oxygen atoms in total. The summed E-state index contributed by atoms with van der Waals surface area (Å²) in [6.07, 6.45) is 0. The molecule has 0 spiro atoms. The van der Waals surface area contributed by atoms with Crippen molar-refractivity contribution in [2.45, 2.75) is 20.5 Å². The number of hydrogen-bond donors (Lipinski definition) is 1. The van der Waals surface area contributed by atoms with Crippen LogP contribution in [0, 0.1) is 0 Å². The van der Waals surface area contributed by atoms with E-state index in [4.69, 9.17) is 10.6 Å². The van der Waals surface area contributed by atoms with E-state index in [0.717, 1.165) is 18.8 Å². The highest BCUT2D eigenvalue weighted by atomic mass is 16.6. The zero-order valence-electron chi connectivity index (χ0n) is 8.90. The highest BCUT2D eigenvalue weighted by molar-refractivity contribution is 5.13. The summed E-state index contributed by atoms with van der Waals surface area (Å²) in [5.41, 5.74) is 1.10. The summed E-state index contributed by atoms with van der Waals surface area (Å²) in [5.74, 6) is 4.86. The molecule has 14 heavy (non-hydrogen) atoms. The molecule has 0 unspecified atom stereocenters. The zero-order valence-corrected chi connectivity index (χ0v) is 8.90. The summed E-state index contributed by atoms with van der Waals surface area (Å²) in [4.78, 5) is 4.43. The SMILES string of the molecule is CCOCC.NOCc1ccccc1. The third-order valence-electron chi connectivity index (χ3n) is 1.50. The van der Waals surface area contributed by atoms with Crippen molar-refractivity contribution in [1.82, 2.24) is 0 Å². The lowest BCUT2D eigenvalue weighted by atomic mass is 10.2. The van der Waals surface area contributed by atoms with Crippen LogP contribution >= 0.6 is 0 Å². The number of nitrogens with two attached hydrogens (primary N) is 1. The first kappa shape index (κ1) is 13.1. The van der Waals surface area contributed by atoms with Gasteiger partial charge in [-0.1, -0.05) is 30.3 Å². The molecule has 0 aliphatic carbocycles. The highest BCUT2D eigenvalue weighted by Gasteiger charge is 1.85. The van der Waals surface area contributed by atoms with Gasteiger partial charge in [0.15, 0.2) is 0 Å². The maximum absolute atomic E-state index is 4.86. The smallest absolute Gasteiger partial charge is 0.0930 e. The molecular formula is C11H19NO2. The van der Waals surface area contributed by atoms with E-state index in [0.29, 0.717) is 6.61 Å². The van der Waals surface area contributed by atoms with Crippen LogP contribution < -0.4 is 5.90 Å². The van der Waals surface area contributed by atoms with Gasteiger partial charge in [-0.05, 0) is 19.4 Å². The number of rotatable bonds is 4. The molecule has 0 aliphatic rings. The van der Waals surface area contributed by atoms with Crippen LogP contribution in [0.25, 0.3) is 0 Å². The predicted molar refractivity (Wildman–Crippen MR) is 57.6 cm³/mol. The Hall–Kier alpha value is -0.900. The zero-order chi connectivity index (χ0) is 10.6. The summed E-state index contributed by atoms with van der Waals surface area (Å²) < 4.78 is 4.83. The summed E-state index contributed by atoms with van der Waals surface area (Å²) in [6.45, 7) is 6.15. The highest BCUT2D eigenvalue weighted by Crippen LogP contribution is 1.97. The van der Waals surface area contributed by atoms with E-state index in [1.54, 1.807) is 0 Å². The van der Waals surface area contributed by atoms with Gasteiger partial charge in [0.1, 0.15) is 0 Å². The Labute approximate surface area is 85.8 Å². The van der Waals surface area contributed by atoms with Gasteiger partial charge in [0.25, 0.3) is 0 Å². The van der Waals surface area contributed by atoms with Crippen LogP contribution in [0.1, 0.15) is 19.4 Å². The van der Waals surface area contributed by atoms with Gasteiger partial charge in [-0.15, -0.1) is 0 Å². The van der Waals surface area contributed by atoms with Crippen LogP contribution in [0.5, 0.6) is 0 Å². The van der Waals surface area contributed by atoms with Crippen molar-refractivity contribution in [2.75, 3.05) is 13.2 Å². The van der Waals surface area contributed by atoms with Gasteiger partial charge in [0, 0.05) is 13.2 Å². The lowest BCUT2D eigenvalue weighted by Gasteiger charge is -1.94. The van der Waals surface area contributed by atoms with Crippen molar-refractivity contribution in [3.63, 3.8) is 0 Å². The van der Waals surface area contributed by atoms with Crippen molar-refractivity contribution in [1.29, 1.82) is 0 Å². The second kappa shape index (κ2) is 10.2. The molecule has 0 radical (unpaired) electrons. The van der Waals surface area contributed by atoms with Gasteiger partial charge in [-0.25, -0.2) is 5.90 Å². The van der Waals surface area contributed by atoms with Crippen LogP contribution in [0.3, 0.4) is 0 Å². The second-order valence-electron chi connectivity index (χ2n) is 2.58. The summed E-state index contributed by atoms with van der Waals surface area (Å²) in [5, 5.41) is 0. The maximum atomic E-state index is 4.86. The first-order valence-electron chi connectivity index (χ1n) is 4.78. The molecule has 1 aromatic rings. The number of ether oxygens (including phenoxy) is 1. The van der Waals surface area contributed by atoms with E-state index >= 15 is 0 Å². The van der Waals surface area contributed by atoms with E-state index in [2.05, 4.69) is 4.84 Å². The number of hydrogen-bond acceptors (Lipinski definition) is 3. The van der Waals surface area contributed by atoms with Gasteiger partial charge >= 0.3 is 0 Å². The summed E-state index contributed by atoms with van der Waals surface area (Å²) >= 11 is 0. The van der Waals surface area contributed by atoms with Gasteiger partial charge in [0.05, 0.1) is 6.61 Å². The lowest BCUT2D eigenvalue weighted by molar-refractivity contribution is 0.124. The molecule has 0 amide bonds. The third-order valence-corrected chi connectivity index (χ3v) is 1.50. The largest absolute Gasteiger partial charge is 0.382 e. The Morgan fingerprint density at radius 3 is 2.00 bits per heavy atom. The first-order chi connectivity index (χ1) is 6.85. The fourth-order valence-corrected chi connectivity index (χ4v) is 0.875. The fourth-order valence-electron chi connectivity index (χ4n) is 0.875. The third kappa shape index (κ3) is 7.73. The molecule has 2 N–H and O–H groups in total. The Bertz CT molecular complexity index is 200. The molecule has 0 saturated heterocycles. The summed E-state index contributed by atoms with van der Waals surface area (Å²) in [6, 6.07) is 9.79. The minimum absolute atomic E-state index is 0.487. The quantitative estimate of drug-likeness (QED) is 0.752. The molecule has 1 aromatic carbocycles. The van der Waals surface area contributed by atoms with Gasteiger partial charge in [-0.3, -0.25) is 4.84 Å².